The van der Waals surface area contributed by atoms with Gasteiger partial charge in [-0.1, -0.05) is 73.3 Å². The zero-order valence-electron chi connectivity index (χ0n) is 15.6. The molecule has 2 heteroatoms. The molecule has 1 nitrogen and oxygen atoms in total. The molecule has 2 heterocycles. The van der Waals surface area contributed by atoms with E-state index >= 15 is 0 Å². The van der Waals surface area contributed by atoms with E-state index in [1.165, 1.54) is 44.9 Å². The topological polar surface area (TPSA) is 4.93 Å². The number of rotatable bonds is 1. The maximum absolute atomic E-state index is 2.55. The molecule has 0 bridgehead atoms. The molecule has 0 unspecified atom stereocenters. The minimum Gasteiger partial charge on any atom is -0.317 e. The Morgan fingerprint density at radius 3 is 2.31 bits per heavy atom. The van der Waals surface area contributed by atoms with Crippen molar-refractivity contribution in [1.82, 2.24) is 4.57 Å². The molecule has 1 aliphatic rings. The minimum atomic E-state index is -1.62. The van der Waals surface area contributed by atoms with Crippen molar-refractivity contribution in [3.63, 3.8) is 0 Å². The fourth-order valence-corrected chi connectivity index (χ4v) is 7.82. The maximum Gasteiger partial charge on any atom is 0.107 e. The van der Waals surface area contributed by atoms with E-state index in [0.29, 0.717) is 0 Å². The molecule has 0 N–H and O–H groups in total. The highest BCUT2D eigenvalue weighted by atomic mass is 28.3. The highest BCUT2D eigenvalue weighted by Gasteiger charge is 2.38. The molecule has 0 aliphatic carbocycles. The van der Waals surface area contributed by atoms with Crippen LogP contribution in [0, 0.1) is 6.92 Å². The number of para-hydroxylation sites is 1. The van der Waals surface area contributed by atoms with Crippen LogP contribution in [0.5, 0.6) is 0 Å². The van der Waals surface area contributed by atoms with Crippen molar-refractivity contribution in [2.24, 2.45) is 0 Å². The first-order valence-corrected chi connectivity index (χ1v) is 12.6. The summed E-state index contributed by atoms with van der Waals surface area (Å²) in [5, 5.41) is 2.96. The van der Waals surface area contributed by atoms with Crippen LogP contribution in [0.4, 0.5) is 0 Å². The van der Waals surface area contributed by atoms with Gasteiger partial charge in [-0.25, -0.2) is 0 Å². The molecule has 0 amide bonds. The van der Waals surface area contributed by atoms with Crippen LogP contribution in [0.2, 0.25) is 13.1 Å². The molecule has 26 heavy (non-hydrogen) atoms. The van der Waals surface area contributed by atoms with E-state index in [2.05, 4.69) is 97.4 Å². The highest BCUT2D eigenvalue weighted by Crippen LogP contribution is 2.39. The molecule has 0 atom stereocenters. The van der Waals surface area contributed by atoms with Crippen LogP contribution in [0.3, 0.4) is 0 Å². The summed E-state index contributed by atoms with van der Waals surface area (Å²) in [6, 6.07) is 28.1. The van der Waals surface area contributed by atoms with Gasteiger partial charge in [0, 0.05) is 22.0 Å². The van der Waals surface area contributed by atoms with E-state index in [9.17, 15) is 0 Å². The first-order chi connectivity index (χ1) is 12.6. The molecular weight excluding hydrogens is 330 g/mol. The first kappa shape index (κ1) is 15.7. The average molecular weight is 354 g/mol. The normalized spacial score (nSPS) is 14.9. The van der Waals surface area contributed by atoms with Crippen LogP contribution >= 0.6 is 0 Å². The van der Waals surface area contributed by atoms with Gasteiger partial charge in [-0.15, -0.1) is 0 Å². The number of benzene rings is 3. The summed E-state index contributed by atoms with van der Waals surface area (Å²) >= 11 is 0. The van der Waals surface area contributed by atoms with Crippen molar-refractivity contribution in [2.75, 3.05) is 0 Å². The van der Waals surface area contributed by atoms with Crippen LogP contribution in [-0.2, 0) is 6.04 Å². The van der Waals surface area contributed by atoms with Gasteiger partial charge in [-0.05, 0) is 42.3 Å². The lowest BCUT2D eigenvalue weighted by Crippen LogP contribution is -2.50. The smallest absolute Gasteiger partial charge is 0.107 e. The van der Waals surface area contributed by atoms with E-state index in [0.717, 1.165) is 0 Å². The second kappa shape index (κ2) is 5.45. The summed E-state index contributed by atoms with van der Waals surface area (Å²) in [4.78, 5) is 0. The lowest BCUT2D eigenvalue weighted by Gasteiger charge is -2.32. The van der Waals surface area contributed by atoms with Gasteiger partial charge in [0.15, 0.2) is 0 Å². The minimum absolute atomic E-state index is 1.21. The number of nitrogens with zero attached hydrogens (tertiary/aromatic N) is 1. The number of hydrogen-bond donors (Lipinski definition) is 0. The zero-order chi connectivity index (χ0) is 17.9. The number of aryl methyl sites for hydroxylation is 1. The van der Waals surface area contributed by atoms with Crippen molar-refractivity contribution in [3.8, 4) is 16.8 Å². The third-order valence-corrected chi connectivity index (χ3v) is 8.75. The largest absolute Gasteiger partial charge is 0.317 e. The van der Waals surface area contributed by atoms with Crippen LogP contribution in [0.1, 0.15) is 11.1 Å². The SMILES string of the molecule is Cc1ccc(-n2c3c(c4ccccc42)-c2ccccc2C[Si]3(C)C)cc1. The van der Waals surface area contributed by atoms with Crippen molar-refractivity contribution in [2.45, 2.75) is 26.1 Å². The quantitative estimate of drug-likeness (QED) is 0.392. The first-order valence-electron chi connectivity index (χ1n) is 9.35. The van der Waals surface area contributed by atoms with Crippen molar-refractivity contribution in [1.29, 1.82) is 0 Å². The molecule has 0 spiro atoms. The van der Waals surface area contributed by atoms with Crippen LogP contribution in [0.15, 0.2) is 72.8 Å². The van der Waals surface area contributed by atoms with Crippen LogP contribution < -0.4 is 5.32 Å². The summed E-state index contributed by atoms with van der Waals surface area (Å²) in [7, 11) is -1.62. The van der Waals surface area contributed by atoms with Gasteiger partial charge in [0.2, 0.25) is 0 Å². The maximum atomic E-state index is 2.55. The second-order valence-corrected chi connectivity index (χ2v) is 12.7. The summed E-state index contributed by atoms with van der Waals surface area (Å²) in [6.07, 6.45) is 0. The third kappa shape index (κ3) is 2.15. The Morgan fingerprint density at radius 1 is 0.808 bits per heavy atom. The van der Waals surface area contributed by atoms with Crippen molar-refractivity contribution < 1.29 is 0 Å². The monoisotopic (exact) mass is 353 g/mol. The Labute approximate surface area is 155 Å². The number of aromatic nitrogens is 1. The predicted molar refractivity (Wildman–Crippen MR) is 114 cm³/mol. The molecule has 1 aromatic heterocycles. The average Bonchev–Trinajstić information content (AvgIpc) is 2.99. The van der Waals surface area contributed by atoms with Gasteiger partial charge >= 0.3 is 0 Å². The summed E-state index contributed by atoms with van der Waals surface area (Å²) in [6.45, 7) is 7.19. The van der Waals surface area contributed by atoms with Gasteiger partial charge in [0.25, 0.3) is 0 Å². The van der Waals surface area contributed by atoms with Gasteiger partial charge in [-0.3, -0.25) is 0 Å². The molecule has 4 aromatic rings. The fourth-order valence-electron chi connectivity index (χ4n) is 4.59. The molecule has 3 aromatic carbocycles. The zero-order valence-corrected chi connectivity index (χ0v) is 16.6. The van der Waals surface area contributed by atoms with E-state index in [1.54, 1.807) is 5.32 Å². The number of hydrogen-bond acceptors (Lipinski definition) is 0. The van der Waals surface area contributed by atoms with Crippen molar-refractivity contribution >= 4 is 24.3 Å². The van der Waals surface area contributed by atoms with Crippen LogP contribution in [-0.4, -0.2) is 12.6 Å². The standard InChI is InChI=1S/C24H23NSi/c1-17-12-14-19(15-13-17)25-22-11-7-6-10-21(22)23-20-9-5-4-8-18(20)16-26(2,3)24(23)25/h4-15H,16H2,1-3H3. The molecule has 5 rings (SSSR count). The Hall–Kier alpha value is -2.58. The van der Waals surface area contributed by atoms with Crippen LogP contribution in [0.25, 0.3) is 27.7 Å². The Kier molecular flexibility index (Phi) is 3.28. The Balaban J connectivity index is 1.96. The molecule has 0 fully saturated rings. The van der Waals surface area contributed by atoms with Gasteiger partial charge in [-0.2, -0.15) is 0 Å². The van der Waals surface area contributed by atoms with E-state index in [-0.39, 0.29) is 0 Å². The second-order valence-electron chi connectivity index (χ2n) is 8.13. The highest BCUT2D eigenvalue weighted by molar-refractivity contribution is 6.90. The third-order valence-electron chi connectivity index (χ3n) is 5.73. The van der Waals surface area contributed by atoms with E-state index in [4.69, 9.17) is 0 Å². The molecular formula is C24H23NSi. The van der Waals surface area contributed by atoms with E-state index in [1.807, 2.05) is 0 Å². The summed E-state index contributed by atoms with van der Waals surface area (Å²) in [5.74, 6) is 0. The lowest BCUT2D eigenvalue weighted by molar-refractivity contribution is 1.13. The summed E-state index contributed by atoms with van der Waals surface area (Å²) in [5.41, 5.74) is 8.34. The molecule has 0 saturated carbocycles. The predicted octanol–water partition coefficient (Wildman–Crippen LogP) is 5.62. The summed E-state index contributed by atoms with van der Waals surface area (Å²) < 4.78 is 2.55. The van der Waals surface area contributed by atoms with Gasteiger partial charge < -0.3 is 4.57 Å². The molecule has 0 saturated heterocycles. The Morgan fingerprint density at radius 2 is 1.50 bits per heavy atom. The Bertz CT molecular complexity index is 1130. The molecule has 1 aliphatic heterocycles. The van der Waals surface area contributed by atoms with Crippen molar-refractivity contribution in [3.05, 3.63) is 83.9 Å². The van der Waals surface area contributed by atoms with Gasteiger partial charge in [0.1, 0.15) is 8.07 Å². The molecule has 128 valence electrons. The molecule has 0 radical (unpaired) electrons. The fraction of sp³-hybridized carbons (Fsp3) is 0.167. The number of fused-ring (bicyclic) bond motifs is 5. The van der Waals surface area contributed by atoms with Gasteiger partial charge in [0.05, 0.1) is 5.52 Å². The lowest BCUT2D eigenvalue weighted by atomic mass is 9.99. The van der Waals surface area contributed by atoms with E-state index < -0.39 is 8.07 Å².